The molecule has 0 spiro atoms. The summed E-state index contributed by atoms with van der Waals surface area (Å²) in [4.78, 5) is 20.9. The second kappa shape index (κ2) is 11.7. The monoisotopic (exact) mass is 563 g/mol. The van der Waals surface area contributed by atoms with Crippen molar-refractivity contribution in [2.75, 3.05) is 26.2 Å². The topological polar surface area (TPSA) is 56.7 Å². The van der Waals surface area contributed by atoms with Crippen molar-refractivity contribution in [1.82, 2.24) is 14.8 Å². The van der Waals surface area contributed by atoms with E-state index >= 15 is 0 Å². The third kappa shape index (κ3) is 7.20. The number of pyridine rings is 1. The second-order valence-electron chi connectivity index (χ2n) is 9.72. The Kier molecular flexibility index (Phi) is 8.53. The predicted octanol–water partition coefficient (Wildman–Crippen LogP) is 6.22. The van der Waals surface area contributed by atoms with Gasteiger partial charge in [-0.2, -0.15) is 26.3 Å². The van der Waals surface area contributed by atoms with Gasteiger partial charge in [-0.3, -0.25) is 14.7 Å². The average Bonchev–Trinajstić information content (AvgIpc) is 2.90. The van der Waals surface area contributed by atoms with Crippen LogP contribution in [0.25, 0.3) is 6.08 Å². The van der Waals surface area contributed by atoms with Crippen molar-refractivity contribution in [1.29, 1.82) is 0 Å². The molecule has 0 aliphatic carbocycles. The average molecular weight is 564 g/mol. The first kappa shape index (κ1) is 29.1. The molecule has 1 atom stereocenters. The summed E-state index contributed by atoms with van der Waals surface area (Å²) in [5, 5.41) is 10.2. The van der Waals surface area contributed by atoms with Crippen LogP contribution in [0.1, 0.15) is 38.2 Å². The summed E-state index contributed by atoms with van der Waals surface area (Å²) in [6, 6.07) is 9.08. The van der Waals surface area contributed by atoms with Gasteiger partial charge in [-0.25, -0.2) is 0 Å². The van der Waals surface area contributed by atoms with Gasteiger partial charge in [-0.1, -0.05) is 30.4 Å². The lowest BCUT2D eigenvalue weighted by Crippen LogP contribution is -2.56. The van der Waals surface area contributed by atoms with E-state index in [1.807, 2.05) is 23.1 Å². The smallest absolute Gasteiger partial charge is 0.416 e. The molecule has 1 aliphatic rings. The maximum absolute atomic E-state index is 13.5. The van der Waals surface area contributed by atoms with Crippen LogP contribution < -0.4 is 0 Å². The maximum atomic E-state index is 13.5. The van der Waals surface area contributed by atoms with Gasteiger partial charge in [-0.15, -0.1) is 0 Å². The van der Waals surface area contributed by atoms with Crippen LogP contribution in [0.3, 0.4) is 0 Å². The number of hydrogen-bond donors (Lipinski definition) is 1. The zero-order valence-corrected chi connectivity index (χ0v) is 21.5. The molecule has 1 aliphatic heterocycles. The quantitative estimate of drug-likeness (QED) is 0.362. The Morgan fingerprint density at radius 3 is 2.33 bits per heavy atom. The van der Waals surface area contributed by atoms with E-state index in [2.05, 4.69) is 4.98 Å². The Morgan fingerprint density at radius 1 is 1.02 bits per heavy atom. The molecule has 1 saturated heterocycles. The van der Waals surface area contributed by atoms with Crippen LogP contribution in [0.2, 0.25) is 0 Å². The highest BCUT2D eigenvalue weighted by molar-refractivity contribution is 5.95. The van der Waals surface area contributed by atoms with Gasteiger partial charge in [-0.05, 0) is 60.4 Å². The number of aromatic hydroxyl groups is 1. The van der Waals surface area contributed by atoms with Crippen molar-refractivity contribution in [3.8, 4) is 5.75 Å². The molecule has 0 bridgehead atoms. The van der Waals surface area contributed by atoms with E-state index < -0.39 is 41.0 Å². The van der Waals surface area contributed by atoms with Crippen molar-refractivity contribution < 1.29 is 36.2 Å². The largest absolute Gasteiger partial charge is 0.508 e. The highest BCUT2D eigenvalue weighted by Crippen LogP contribution is 2.37. The molecular weight excluding hydrogens is 536 g/mol. The van der Waals surface area contributed by atoms with Gasteiger partial charge in [0.2, 0.25) is 0 Å². The molecule has 0 saturated carbocycles. The lowest BCUT2D eigenvalue weighted by atomic mass is 9.98. The minimum absolute atomic E-state index is 0.00979. The number of halogens is 6. The molecule has 2 heterocycles. The number of nitrogens with zero attached hydrogens (tertiary/aromatic N) is 3. The van der Waals surface area contributed by atoms with Crippen LogP contribution in [-0.2, 0) is 18.8 Å². The van der Waals surface area contributed by atoms with Crippen LogP contribution in [0, 0.1) is 6.92 Å². The molecule has 4 rings (SSSR count). The molecule has 40 heavy (non-hydrogen) atoms. The molecule has 0 unspecified atom stereocenters. The van der Waals surface area contributed by atoms with Crippen LogP contribution in [-0.4, -0.2) is 58.0 Å². The molecule has 1 fully saturated rings. The van der Waals surface area contributed by atoms with Gasteiger partial charge in [0.05, 0.1) is 11.1 Å². The summed E-state index contributed by atoms with van der Waals surface area (Å²) < 4.78 is 80.6. The Bertz CT molecular complexity index is 1340. The summed E-state index contributed by atoms with van der Waals surface area (Å²) >= 11 is 0. The normalized spacial score (nSPS) is 17.0. The summed E-state index contributed by atoms with van der Waals surface area (Å²) in [5.74, 6) is -0.862. The number of piperazine rings is 1. The molecule has 1 N–H and O–H groups in total. The zero-order chi connectivity index (χ0) is 29.1. The van der Waals surface area contributed by atoms with E-state index in [0.717, 1.165) is 5.56 Å². The summed E-state index contributed by atoms with van der Waals surface area (Å²) in [5.41, 5.74) is -1.53. The molecule has 11 heteroatoms. The number of phenols is 1. The standard InChI is InChI=1S/C29H27F6N3O2/c1-19-6-7-21(13-26(19)39)12-25-18-37(9-3-5-20-4-2-8-36-17-20)10-11-38(25)27(40)22-14-23(28(30,31)32)16-24(15-22)29(33,34)35/h2-8,13-17,25,39H,9-12,18H2,1H3/t25-/m1/s1. The Labute approximate surface area is 227 Å². The van der Waals surface area contributed by atoms with Gasteiger partial charge in [0.25, 0.3) is 5.91 Å². The fourth-order valence-corrected chi connectivity index (χ4v) is 4.64. The fourth-order valence-electron chi connectivity index (χ4n) is 4.64. The molecular formula is C29H27F6N3O2. The van der Waals surface area contributed by atoms with Crippen LogP contribution in [0.4, 0.5) is 26.3 Å². The maximum Gasteiger partial charge on any atom is 0.416 e. The highest BCUT2D eigenvalue weighted by Gasteiger charge is 2.39. The summed E-state index contributed by atoms with van der Waals surface area (Å²) in [7, 11) is 0. The van der Waals surface area contributed by atoms with Crippen LogP contribution in [0.15, 0.2) is 67.0 Å². The Balaban J connectivity index is 1.62. The fraction of sp³-hybridized carbons (Fsp3) is 0.310. The van der Waals surface area contributed by atoms with Gasteiger partial charge >= 0.3 is 12.4 Å². The zero-order valence-electron chi connectivity index (χ0n) is 21.5. The van der Waals surface area contributed by atoms with E-state index in [1.165, 1.54) is 4.90 Å². The minimum Gasteiger partial charge on any atom is -0.508 e. The number of carbonyl (C=O) groups excluding carboxylic acids is 1. The van der Waals surface area contributed by atoms with Crippen LogP contribution in [0.5, 0.6) is 5.75 Å². The number of phenolic OH excluding ortho intramolecular Hbond substituents is 1. The number of amides is 1. The summed E-state index contributed by atoms with van der Waals surface area (Å²) in [6.07, 6.45) is -2.71. The van der Waals surface area contributed by atoms with E-state index in [1.54, 1.807) is 43.6 Å². The SMILES string of the molecule is Cc1ccc(C[C@@H]2CN(CC=Cc3cccnc3)CCN2C(=O)c2cc(C(F)(F)F)cc(C(F)(F)F)c2)cc1O. The highest BCUT2D eigenvalue weighted by atomic mass is 19.4. The van der Waals surface area contributed by atoms with Gasteiger partial charge in [0.1, 0.15) is 5.75 Å². The van der Waals surface area contributed by atoms with Crippen LogP contribution >= 0.6 is 0 Å². The molecule has 0 radical (unpaired) electrons. The Morgan fingerprint density at radius 2 is 1.73 bits per heavy atom. The van der Waals surface area contributed by atoms with Crippen molar-refractivity contribution in [3.05, 3.63) is 100 Å². The molecule has 3 aromatic rings. The third-order valence-electron chi connectivity index (χ3n) is 6.77. The number of carbonyl (C=O) groups is 1. The van der Waals surface area contributed by atoms with Gasteiger partial charge in [0, 0.05) is 50.2 Å². The molecule has 2 aromatic carbocycles. The number of hydrogen-bond acceptors (Lipinski definition) is 4. The minimum atomic E-state index is -5.06. The molecule has 5 nitrogen and oxygen atoms in total. The lowest BCUT2D eigenvalue weighted by Gasteiger charge is -2.41. The first-order valence-corrected chi connectivity index (χ1v) is 12.5. The number of benzene rings is 2. The van der Waals surface area contributed by atoms with E-state index in [-0.39, 0.29) is 24.8 Å². The first-order chi connectivity index (χ1) is 18.8. The van der Waals surface area contributed by atoms with E-state index in [9.17, 15) is 36.2 Å². The first-order valence-electron chi connectivity index (χ1n) is 12.5. The molecule has 1 aromatic heterocycles. The van der Waals surface area contributed by atoms with Crippen molar-refractivity contribution in [2.24, 2.45) is 0 Å². The number of aryl methyl sites for hydroxylation is 1. The predicted molar refractivity (Wildman–Crippen MR) is 138 cm³/mol. The van der Waals surface area contributed by atoms with Gasteiger partial charge in [0.15, 0.2) is 0 Å². The van der Waals surface area contributed by atoms with Crippen molar-refractivity contribution in [3.63, 3.8) is 0 Å². The van der Waals surface area contributed by atoms with Crippen molar-refractivity contribution in [2.45, 2.75) is 31.7 Å². The molecule has 212 valence electrons. The second-order valence-corrected chi connectivity index (χ2v) is 9.72. The van der Waals surface area contributed by atoms with E-state index in [4.69, 9.17) is 0 Å². The van der Waals surface area contributed by atoms with Gasteiger partial charge < -0.3 is 10.0 Å². The number of rotatable bonds is 6. The third-order valence-corrected chi connectivity index (χ3v) is 6.77. The summed E-state index contributed by atoms with van der Waals surface area (Å²) in [6.45, 7) is 3.01. The number of alkyl halides is 6. The molecule has 1 amide bonds. The van der Waals surface area contributed by atoms with Crippen molar-refractivity contribution >= 4 is 12.0 Å². The Hall–Kier alpha value is -3.86. The van der Waals surface area contributed by atoms with E-state index in [0.29, 0.717) is 42.9 Å². The number of aromatic nitrogens is 1. The lowest BCUT2D eigenvalue weighted by molar-refractivity contribution is -0.143.